The normalized spacial score (nSPS) is 11.5. The summed E-state index contributed by atoms with van der Waals surface area (Å²) in [6.45, 7) is 6.04. The first-order chi connectivity index (χ1) is 9.80. The molecule has 9 heteroatoms. The van der Waals surface area contributed by atoms with Crippen molar-refractivity contribution in [2.75, 3.05) is 19.7 Å². The summed E-state index contributed by atoms with van der Waals surface area (Å²) in [5, 5.41) is 2.72. The van der Waals surface area contributed by atoms with Crippen molar-refractivity contribution in [2.45, 2.75) is 13.1 Å². The minimum Gasteiger partial charge on any atom is -0.475 e. The average molecular weight is 430 g/mol. The summed E-state index contributed by atoms with van der Waals surface area (Å²) in [6, 6.07) is 2.12. The molecule has 3 N–H and O–H groups in total. The molecule has 1 aromatic heterocycles. The van der Waals surface area contributed by atoms with Crippen LogP contribution in [0.3, 0.4) is 0 Å². The molecule has 0 unspecified atom stereocenters. The summed E-state index contributed by atoms with van der Waals surface area (Å²) in [4.78, 5) is 7.54. The van der Waals surface area contributed by atoms with E-state index in [0.717, 1.165) is 11.6 Å². The Balaban J connectivity index is 0.00000441. The molecule has 0 aromatic carbocycles. The molecule has 22 heavy (non-hydrogen) atoms. The fraction of sp³-hybridized carbons (Fsp3) is 0.385. The van der Waals surface area contributed by atoms with Crippen molar-refractivity contribution in [1.29, 1.82) is 0 Å². The SMILES string of the molecule is C=C(C)CN=C(N)NCCOc1ncccc1C(F)(F)F.I. The number of ether oxygens (including phenoxy) is 1. The molecule has 0 bridgehead atoms. The second-order valence-electron chi connectivity index (χ2n) is 4.29. The van der Waals surface area contributed by atoms with E-state index in [9.17, 15) is 13.2 Å². The number of pyridine rings is 1. The molecule has 0 aliphatic rings. The zero-order chi connectivity index (χ0) is 15.9. The number of guanidine groups is 1. The number of alkyl halides is 3. The van der Waals surface area contributed by atoms with Crippen molar-refractivity contribution in [3.8, 4) is 5.88 Å². The van der Waals surface area contributed by atoms with E-state index < -0.39 is 17.6 Å². The highest BCUT2D eigenvalue weighted by atomic mass is 127. The predicted octanol–water partition coefficient (Wildman–Crippen LogP) is 2.58. The van der Waals surface area contributed by atoms with Crippen molar-refractivity contribution in [3.63, 3.8) is 0 Å². The summed E-state index contributed by atoms with van der Waals surface area (Å²) >= 11 is 0. The Bertz CT molecular complexity index is 520. The Morgan fingerprint density at radius 3 is 2.77 bits per heavy atom. The van der Waals surface area contributed by atoms with Crippen molar-refractivity contribution >= 4 is 29.9 Å². The first-order valence-electron chi connectivity index (χ1n) is 6.14. The Labute approximate surface area is 143 Å². The van der Waals surface area contributed by atoms with Gasteiger partial charge >= 0.3 is 6.18 Å². The zero-order valence-corrected chi connectivity index (χ0v) is 14.3. The molecule has 0 atom stereocenters. The van der Waals surface area contributed by atoms with Crippen LogP contribution in [0.5, 0.6) is 5.88 Å². The maximum atomic E-state index is 12.7. The maximum Gasteiger partial charge on any atom is 0.421 e. The lowest BCUT2D eigenvalue weighted by Gasteiger charge is -2.12. The number of hydrogen-bond donors (Lipinski definition) is 2. The van der Waals surface area contributed by atoms with Gasteiger partial charge in [-0.05, 0) is 19.1 Å². The van der Waals surface area contributed by atoms with Gasteiger partial charge in [0.05, 0.1) is 13.1 Å². The molecule has 0 saturated carbocycles. The van der Waals surface area contributed by atoms with Crippen LogP contribution in [0.4, 0.5) is 13.2 Å². The zero-order valence-electron chi connectivity index (χ0n) is 12.0. The molecular formula is C13H18F3IN4O. The Morgan fingerprint density at radius 1 is 1.50 bits per heavy atom. The van der Waals surface area contributed by atoms with E-state index in [4.69, 9.17) is 10.5 Å². The molecule has 1 aromatic rings. The molecule has 1 heterocycles. The summed E-state index contributed by atoms with van der Waals surface area (Å²) in [7, 11) is 0. The molecule has 0 spiro atoms. The Morgan fingerprint density at radius 2 is 2.18 bits per heavy atom. The van der Waals surface area contributed by atoms with Gasteiger partial charge < -0.3 is 15.8 Å². The van der Waals surface area contributed by atoms with Gasteiger partial charge in [-0.15, -0.1) is 24.0 Å². The van der Waals surface area contributed by atoms with Gasteiger partial charge in [-0.3, -0.25) is 0 Å². The maximum absolute atomic E-state index is 12.7. The van der Waals surface area contributed by atoms with Gasteiger partial charge in [-0.1, -0.05) is 12.2 Å². The fourth-order valence-corrected chi connectivity index (χ4v) is 1.32. The third-order valence-electron chi connectivity index (χ3n) is 2.24. The molecule has 5 nitrogen and oxygen atoms in total. The number of nitrogens with zero attached hydrogens (tertiary/aromatic N) is 2. The van der Waals surface area contributed by atoms with Crippen LogP contribution in [-0.2, 0) is 6.18 Å². The smallest absolute Gasteiger partial charge is 0.421 e. The first-order valence-corrected chi connectivity index (χ1v) is 6.14. The monoisotopic (exact) mass is 430 g/mol. The van der Waals surface area contributed by atoms with Crippen LogP contribution in [0.25, 0.3) is 0 Å². The average Bonchev–Trinajstić information content (AvgIpc) is 2.40. The van der Waals surface area contributed by atoms with Crippen LogP contribution in [0.1, 0.15) is 12.5 Å². The molecule has 1 rings (SSSR count). The van der Waals surface area contributed by atoms with Gasteiger partial charge in [0.2, 0.25) is 5.88 Å². The topological polar surface area (TPSA) is 72.5 Å². The molecule has 0 radical (unpaired) electrons. The van der Waals surface area contributed by atoms with Crippen molar-refractivity contribution < 1.29 is 17.9 Å². The van der Waals surface area contributed by atoms with Gasteiger partial charge in [-0.2, -0.15) is 13.2 Å². The molecule has 0 fully saturated rings. The van der Waals surface area contributed by atoms with Crippen molar-refractivity contribution in [3.05, 3.63) is 36.0 Å². The predicted molar refractivity (Wildman–Crippen MR) is 89.5 cm³/mol. The Hall–Kier alpha value is -1.52. The van der Waals surface area contributed by atoms with E-state index in [1.54, 1.807) is 6.92 Å². The minimum absolute atomic E-state index is 0. The molecule has 0 saturated heterocycles. The first kappa shape index (κ1) is 20.5. The molecule has 124 valence electrons. The molecular weight excluding hydrogens is 412 g/mol. The van der Waals surface area contributed by atoms with Crippen LogP contribution in [0.2, 0.25) is 0 Å². The third kappa shape index (κ3) is 7.48. The van der Waals surface area contributed by atoms with Gasteiger partial charge in [0.25, 0.3) is 0 Å². The molecule has 0 aliphatic carbocycles. The lowest BCUT2D eigenvalue weighted by Crippen LogP contribution is -2.35. The van der Waals surface area contributed by atoms with Gasteiger partial charge in [0, 0.05) is 6.20 Å². The van der Waals surface area contributed by atoms with Crippen LogP contribution in [-0.4, -0.2) is 30.6 Å². The van der Waals surface area contributed by atoms with E-state index in [2.05, 4.69) is 21.9 Å². The summed E-state index contributed by atoms with van der Waals surface area (Å²) in [5.41, 5.74) is 5.49. The number of aromatic nitrogens is 1. The third-order valence-corrected chi connectivity index (χ3v) is 2.24. The number of aliphatic imine (C=N–C) groups is 1. The van der Waals surface area contributed by atoms with E-state index in [1.807, 2.05) is 0 Å². The molecule has 0 amide bonds. The number of hydrogen-bond acceptors (Lipinski definition) is 3. The van der Waals surface area contributed by atoms with Crippen LogP contribution in [0, 0.1) is 0 Å². The van der Waals surface area contributed by atoms with E-state index >= 15 is 0 Å². The second kappa shape index (κ2) is 9.49. The lowest BCUT2D eigenvalue weighted by atomic mass is 10.2. The summed E-state index contributed by atoms with van der Waals surface area (Å²) in [5.74, 6) is -0.275. The van der Waals surface area contributed by atoms with Crippen molar-refractivity contribution in [2.24, 2.45) is 10.7 Å². The van der Waals surface area contributed by atoms with Crippen LogP contribution < -0.4 is 15.8 Å². The highest BCUT2D eigenvalue weighted by Gasteiger charge is 2.34. The van der Waals surface area contributed by atoms with Crippen molar-refractivity contribution in [1.82, 2.24) is 10.3 Å². The Kier molecular flexibility index (Phi) is 8.83. The van der Waals surface area contributed by atoms with Gasteiger partial charge in [0.1, 0.15) is 12.2 Å². The fourth-order valence-electron chi connectivity index (χ4n) is 1.32. The summed E-state index contributed by atoms with van der Waals surface area (Å²) in [6.07, 6.45) is -3.26. The molecule has 0 aliphatic heterocycles. The number of halogens is 4. The van der Waals surface area contributed by atoms with Gasteiger partial charge in [0.15, 0.2) is 5.96 Å². The number of nitrogens with one attached hydrogen (secondary N) is 1. The number of nitrogens with two attached hydrogens (primary N) is 1. The quantitative estimate of drug-likeness (QED) is 0.239. The van der Waals surface area contributed by atoms with Crippen LogP contribution in [0.15, 0.2) is 35.5 Å². The lowest BCUT2D eigenvalue weighted by molar-refractivity contribution is -0.139. The van der Waals surface area contributed by atoms with Gasteiger partial charge in [-0.25, -0.2) is 9.98 Å². The minimum atomic E-state index is -4.50. The highest BCUT2D eigenvalue weighted by molar-refractivity contribution is 14.0. The standard InChI is InChI=1S/C13H17F3N4O.HI/c1-9(2)8-20-12(17)19-6-7-21-11-10(13(14,15)16)4-3-5-18-11;/h3-5H,1,6-8H2,2H3,(H3,17,19,20);1H. The number of rotatable bonds is 6. The van der Waals surface area contributed by atoms with E-state index in [-0.39, 0.29) is 43.1 Å². The largest absolute Gasteiger partial charge is 0.475 e. The van der Waals surface area contributed by atoms with Crippen LogP contribution >= 0.6 is 24.0 Å². The summed E-state index contributed by atoms with van der Waals surface area (Å²) < 4.78 is 43.1. The highest BCUT2D eigenvalue weighted by Crippen LogP contribution is 2.34. The van der Waals surface area contributed by atoms with E-state index in [0.29, 0.717) is 6.54 Å². The second-order valence-corrected chi connectivity index (χ2v) is 4.29. The van der Waals surface area contributed by atoms with E-state index in [1.165, 1.54) is 12.3 Å².